The lowest BCUT2D eigenvalue weighted by molar-refractivity contribution is -0.385. The highest BCUT2D eigenvalue weighted by atomic mass is 35.5. The molecule has 2 aromatic rings. The first-order chi connectivity index (χ1) is 8.72. The van der Waals surface area contributed by atoms with Crippen molar-refractivity contribution in [3.63, 3.8) is 0 Å². The van der Waals surface area contributed by atoms with Crippen LogP contribution >= 0.6 is 11.6 Å². The Balaban J connectivity index is 2.37. The third kappa shape index (κ3) is 2.68. The van der Waals surface area contributed by atoms with Crippen molar-refractivity contribution >= 4 is 17.3 Å². The summed E-state index contributed by atoms with van der Waals surface area (Å²) in [5.41, 5.74) is 2.90. The van der Waals surface area contributed by atoms with E-state index in [-0.39, 0.29) is 10.6 Å². The molecule has 0 unspecified atom stereocenters. The van der Waals surface area contributed by atoms with Crippen LogP contribution in [-0.4, -0.2) is 4.92 Å². The molecule has 0 heterocycles. The van der Waals surface area contributed by atoms with Gasteiger partial charge in [-0.1, -0.05) is 42.5 Å². The Labute approximate surface area is 110 Å². The van der Waals surface area contributed by atoms with Gasteiger partial charge in [0.1, 0.15) is 0 Å². The molecule has 2 rings (SSSR count). The number of hydrogen-bond donors (Lipinski definition) is 0. The fourth-order valence-electron chi connectivity index (χ4n) is 1.90. The maximum Gasteiger partial charge on any atom is 0.272 e. The first kappa shape index (κ1) is 12.6. The molecule has 0 radical (unpaired) electrons. The SMILES string of the molecule is O=[N+]([O-])c1ccccc1Cc1ccccc1CCl. The number of nitrogens with zero attached hydrogens (tertiary/aromatic N) is 1. The second-order valence-electron chi connectivity index (χ2n) is 3.96. The van der Waals surface area contributed by atoms with E-state index in [1.165, 1.54) is 6.07 Å². The van der Waals surface area contributed by atoms with Crippen LogP contribution in [0.3, 0.4) is 0 Å². The standard InChI is InChI=1S/C14H12ClNO2/c15-10-13-7-2-1-5-11(13)9-12-6-3-4-8-14(12)16(17)18/h1-8H,9-10H2. The number of hydrogen-bond acceptors (Lipinski definition) is 2. The predicted octanol–water partition coefficient (Wildman–Crippen LogP) is 3.92. The van der Waals surface area contributed by atoms with Crippen molar-refractivity contribution in [2.75, 3.05) is 0 Å². The fourth-order valence-corrected chi connectivity index (χ4v) is 2.16. The van der Waals surface area contributed by atoms with Crippen molar-refractivity contribution in [3.05, 3.63) is 75.3 Å². The normalized spacial score (nSPS) is 10.3. The van der Waals surface area contributed by atoms with E-state index in [0.717, 1.165) is 11.1 Å². The summed E-state index contributed by atoms with van der Waals surface area (Å²) in [6.45, 7) is 0. The van der Waals surface area contributed by atoms with Crippen LogP contribution in [0.1, 0.15) is 16.7 Å². The molecule has 0 bridgehead atoms. The van der Waals surface area contributed by atoms with Gasteiger partial charge in [-0.05, 0) is 11.1 Å². The Morgan fingerprint density at radius 2 is 1.50 bits per heavy atom. The molecule has 0 fully saturated rings. The Bertz CT molecular complexity index is 569. The van der Waals surface area contributed by atoms with Crippen LogP contribution in [0.2, 0.25) is 0 Å². The molecule has 0 aliphatic carbocycles. The molecule has 18 heavy (non-hydrogen) atoms. The molecule has 0 N–H and O–H groups in total. The molecule has 92 valence electrons. The summed E-state index contributed by atoms with van der Waals surface area (Å²) in [6, 6.07) is 14.5. The van der Waals surface area contributed by atoms with Crippen LogP contribution in [0.15, 0.2) is 48.5 Å². The molecule has 3 nitrogen and oxygen atoms in total. The number of nitro benzene ring substituents is 1. The molecule has 0 aromatic heterocycles. The molecular formula is C14H12ClNO2. The molecule has 0 atom stereocenters. The van der Waals surface area contributed by atoms with Crippen LogP contribution in [0.25, 0.3) is 0 Å². The third-order valence-corrected chi connectivity index (χ3v) is 3.12. The predicted molar refractivity (Wildman–Crippen MR) is 71.9 cm³/mol. The largest absolute Gasteiger partial charge is 0.272 e. The van der Waals surface area contributed by atoms with Gasteiger partial charge >= 0.3 is 0 Å². The number of para-hydroxylation sites is 1. The smallest absolute Gasteiger partial charge is 0.258 e. The molecule has 2 aromatic carbocycles. The van der Waals surface area contributed by atoms with Gasteiger partial charge in [-0.15, -0.1) is 11.6 Å². The fraction of sp³-hybridized carbons (Fsp3) is 0.143. The van der Waals surface area contributed by atoms with E-state index in [1.54, 1.807) is 12.1 Å². The molecular weight excluding hydrogens is 250 g/mol. The van der Waals surface area contributed by atoms with Crippen molar-refractivity contribution in [3.8, 4) is 0 Å². The molecule has 0 spiro atoms. The van der Waals surface area contributed by atoms with Gasteiger partial charge < -0.3 is 0 Å². The van der Waals surface area contributed by atoms with E-state index in [4.69, 9.17) is 11.6 Å². The molecule has 0 saturated carbocycles. The molecule has 0 amide bonds. The van der Waals surface area contributed by atoms with Crippen molar-refractivity contribution < 1.29 is 4.92 Å². The van der Waals surface area contributed by atoms with Gasteiger partial charge in [-0.3, -0.25) is 10.1 Å². The summed E-state index contributed by atoms with van der Waals surface area (Å²) in [6.07, 6.45) is 0.528. The van der Waals surface area contributed by atoms with Crippen LogP contribution < -0.4 is 0 Å². The number of alkyl halides is 1. The lowest BCUT2D eigenvalue weighted by Crippen LogP contribution is -1.98. The lowest BCUT2D eigenvalue weighted by atomic mass is 9.99. The second-order valence-corrected chi connectivity index (χ2v) is 4.23. The van der Waals surface area contributed by atoms with E-state index in [1.807, 2.05) is 30.3 Å². The van der Waals surface area contributed by atoms with E-state index < -0.39 is 0 Å². The van der Waals surface area contributed by atoms with E-state index in [9.17, 15) is 10.1 Å². The summed E-state index contributed by atoms with van der Waals surface area (Å²) < 4.78 is 0. The summed E-state index contributed by atoms with van der Waals surface area (Å²) in [4.78, 5) is 10.6. The Morgan fingerprint density at radius 3 is 2.11 bits per heavy atom. The molecule has 0 aliphatic rings. The van der Waals surface area contributed by atoms with E-state index >= 15 is 0 Å². The maximum absolute atomic E-state index is 10.9. The summed E-state index contributed by atoms with van der Waals surface area (Å²) >= 11 is 5.87. The molecule has 4 heteroatoms. The minimum Gasteiger partial charge on any atom is -0.258 e. The van der Waals surface area contributed by atoms with Gasteiger partial charge in [0.25, 0.3) is 5.69 Å². The number of benzene rings is 2. The highest BCUT2D eigenvalue weighted by Crippen LogP contribution is 2.23. The van der Waals surface area contributed by atoms with Gasteiger partial charge in [0.05, 0.1) is 4.92 Å². The van der Waals surface area contributed by atoms with E-state index in [0.29, 0.717) is 17.9 Å². The Morgan fingerprint density at radius 1 is 0.944 bits per heavy atom. The Hall–Kier alpha value is -1.87. The topological polar surface area (TPSA) is 43.1 Å². The van der Waals surface area contributed by atoms with Crippen molar-refractivity contribution in [2.24, 2.45) is 0 Å². The van der Waals surface area contributed by atoms with Crippen molar-refractivity contribution in [1.29, 1.82) is 0 Å². The molecule has 0 saturated heterocycles. The van der Waals surface area contributed by atoms with Crippen molar-refractivity contribution in [2.45, 2.75) is 12.3 Å². The average molecular weight is 262 g/mol. The van der Waals surface area contributed by atoms with Crippen LogP contribution in [0.4, 0.5) is 5.69 Å². The number of nitro groups is 1. The zero-order valence-electron chi connectivity index (χ0n) is 9.67. The zero-order chi connectivity index (χ0) is 13.0. The Kier molecular flexibility index (Phi) is 3.95. The average Bonchev–Trinajstić information content (AvgIpc) is 2.40. The van der Waals surface area contributed by atoms with Gasteiger partial charge in [0.2, 0.25) is 0 Å². The lowest BCUT2D eigenvalue weighted by Gasteiger charge is -2.07. The van der Waals surface area contributed by atoms with Gasteiger partial charge in [-0.2, -0.15) is 0 Å². The number of halogens is 1. The minimum absolute atomic E-state index is 0.155. The summed E-state index contributed by atoms with van der Waals surface area (Å²) in [7, 11) is 0. The minimum atomic E-state index is -0.349. The maximum atomic E-state index is 10.9. The van der Waals surface area contributed by atoms with Gasteiger partial charge in [-0.25, -0.2) is 0 Å². The second kappa shape index (κ2) is 5.65. The van der Waals surface area contributed by atoms with Gasteiger partial charge in [0, 0.05) is 23.9 Å². The zero-order valence-corrected chi connectivity index (χ0v) is 10.4. The summed E-state index contributed by atoms with van der Waals surface area (Å²) in [5.74, 6) is 0.413. The highest BCUT2D eigenvalue weighted by Gasteiger charge is 2.13. The monoisotopic (exact) mass is 261 g/mol. The van der Waals surface area contributed by atoms with Crippen LogP contribution in [0.5, 0.6) is 0 Å². The molecule has 0 aliphatic heterocycles. The number of rotatable bonds is 4. The summed E-state index contributed by atoms with van der Waals surface area (Å²) in [5, 5.41) is 10.9. The van der Waals surface area contributed by atoms with E-state index in [2.05, 4.69) is 0 Å². The highest BCUT2D eigenvalue weighted by molar-refractivity contribution is 6.17. The van der Waals surface area contributed by atoms with Crippen LogP contribution in [0, 0.1) is 10.1 Å². The third-order valence-electron chi connectivity index (χ3n) is 2.83. The quantitative estimate of drug-likeness (QED) is 0.475. The first-order valence-corrected chi connectivity index (χ1v) is 6.11. The van der Waals surface area contributed by atoms with Gasteiger partial charge in [0.15, 0.2) is 0 Å². The first-order valence-electron chi connectivity index (χ1n) is 5.57. The van der Waals surface area contributed by atoms with Crippen LogP contribution in [-0.2, 0) is 12.3 Å². The van der Waals surface area contributed by atoms with Crippen molar-refractivity contribution in [1.82, 2.24) is 0 Å².